The van der Waals surface area contributed by atoms with Crippen molar-refractivity contribution in [3.05, 3.63) is 23.8 Å². The maximum Gasteiger partial charge on any atom is 0.170 e. The van der Waals surface area contributed by atoms with Crippen LogP contribution < -0.4 is 9.47 Å². The van der Waals surface area contributed by atoms with Crippen molar-refractivity contribution in [2.24, 2.45) is 4.99 Å². The van der Waals surface area contributed by atoms with Gasteiger partial charge in [0.2, 0.25) is 0 Å². The lowest BCUT2D eigenvalue weighted by Gasteiger charge is -2.19. The molecule has 0 saturated heterocycles. The Morgan fingerprint density at radius 1 is 1.26 bits per heavy atom. The number of nitrogens with zero attached hydrogens (tertiary/aromatic N) is 1. The van der Waals surface area contributed by atoms with Crippen LogP contribution in [0.2, 0.25) is 0 Å². The van der Waals surface area contributed by atoms with Gasteiger partial charge in [-0.1, -0.05) is 32.8 Å². The van der Waals surface area contributed by atoms with E-state index < -0.39 is 0 Å². The van der Waals surface area contributed by atoms with Crippen LogP contribution in [0, 0.1) is 0 Å². The predicted molar refractivity (Wildman–Crippen MR) is 78.6 cm³/mol. The van der Waals surface area contributed by atoms with E-state index in [1.165, 1.54) is 12.8 Å². The van der Waals surface area contributed by atoms with E-state index >= 15 is 0 Å². The highest BCUT2D eigenvalue weighted by molar-refractivity contribution is 5.85. The number of para-hydroxylation sites is 1. The van der Waals surface area contributed by atoms with Gasteiger partial charge in [0.05, 0.1) is 0 Å². The van der Waals surface area contributed by atoms with E-state index in [0.717, 1.165) is 29.9 Å². The topological polar surface area (TPSA) is 30.8 Å². The van der Waals surface area contributed by atoms with Gasteiger partial charge in [-0.05, 0) is 25.0 Å². The smallest absolute Gasteiger partial charge is 0.170 e. The van der Waals surface area contributed by atoms with Gasteiger partial charge in [0, 0.05) is 17.8 Å². The minimum Gasteiger partial charge on any atom is -0.486 e. The SMILES string of the molecule is CCCCC(CC)N=Cc1cccc2c1OCCO2. The zero-order valence-electron chi connectivity index (χ0n) is 11.9. The van der Waals surface area contributed by atoms with Crippen molar-refractivity contribution < 1.29 is 9.47 Å². The van der Waals surface area contributed by atoms with E-state index in [1.54, 1.807) is 0 Å². The third-order valence-corrected chi connectivity index (χ3v) is 3.38. The molecule has 1 aromatic carbocycles. The molecule has 19 heavy (non-hydrogen) atoms. The fourth-order valence-electron chi connectivity index (χ4n) is 2.21. The third kappa shape index (κ3) is 3.72. The predicted octanol–water partition coefficient (Wildman–Crippen LogP) is 3.85. The van der Waals surface area contributed by atoms with Crippen molar-refractivity contribution in [3.63, 3.8) is 0 Å². The van der Waals surface area contributed by atoms with E-state index in [2.05, 4.69) is 13.8 Å². The number of hydrogen-bond acceptors (Lipinski definition) is 3. The van der Waals surface area contributed by atoms with E-state index in [0.29, 0.717) is 19.3 Å². The Morgan fingerprint density at radius 3 is 2.89 bits per heavy atom. The lowest BCUT2D eigenvalue weighted by atomic mass is 10.1. The summed E-state index contributed by atoms with van der Waals surface area (Å²) in [5.74, 6) is 1.67. The van der Waals surface area contributed by atoms with Crippen LogP contribution in [0.3, 0.4) is 0 Å². The first-order chi connectivity index (χ1) is 9.35. The number of fused-ring (bicyclic) bond motifs is 1. The van der Waals surface area contributed by atoms with E-state index in [4.69, 9.17) is 14.5 Å². The summed E-state index contributed by atoms with van der Waals surface area (Å²) in [6.45, 7) is 5.65. The van der Waals surface area contributed by atoms with Crippen LogP contribution in [-0.4, -0.2) is 25.5 Å². The first-order valence-corrected chi connectivity index (χ1v) is 7.27. The monoisotopic (exact) mass is 261 g/mol. The molecule has 0 aromatic heterocycles. The summed E-state index contributed by atoms with van der Waals surface area (Å²) in [4.78, 5) is 4.70. The third-order valence-electron chi connectivity index (χ3n) is 3.38. The van der Waals surface area contributed by atoms with Gasteiger partial charge in [-0.25, -0.2) is 0 Å². The summed E-state index contributed by atoms with van der Waals surface area (Å²) in [7, 11) is 0. The first-order valence-electron chi connectivity index (χ1n) is 7.27. The summed E-state index contributed by atoms with van der Waals surface area (Å²) in [5.41, 5.74) is 1.02. The first kappa shape index (κ1) is 13.9. The number of hydrogen-bond donors (Lipinski definition) is 0. The van der Waals surface area contributed by atoms with Crippen molar-refractivity contribution in [1.29, 1.82) is 0 Å². The molecule has 0 saturated carbocycles. The molecule has 3 heteroatoms. The fraction of sp³-hybridized carbons (Fsp3) is 0.562. The van der Waals surface area contributed by atoms with E-state index in [1.807, 2.05) is 24.4 Å². The maximum atomic E-state index is 5.69. The molecule has 1 heterocycles. The average molecular weight is 261 g/mol. The number of unbranched alkanes of at least 4 members (excludes halogenated alkanes) is 1. The van der Waals surface area contributed by atoms with Crippen LogP contribution in [0.1, 0.15) is 45.1 Å². The summed E-state index contributed by atoms with van der Waals surface area (Å²) < 4.78 is 11.3. The average Bonchev–Trinajstić information content (AvgIpc) is 2.47. The molecular formula is C16H23NO2. The van der Waals surface area contributed by atoms with Crippen LogP contribution in [0.4, 0.5) is 0 Å². The summed E-state index contributed by atoms with van der Waals surface area (Å²) in [5, 5.41) is 0. The molecule has 0 N–H and O–H groups in total. The number of ether oxygens (including phenoxy) is 2. The molecule has 0 radical (unpaired) electrons. The second kappa shape index (κ2) is 7.17. The van der Waals surface area contributed by atoms with Crippen LogP contribution in [0.5, 0.6) is 11.5 Å². The highest BCUT2D eigenvalue weighted by Gasteiger charge is 2.14. The lowest BCUT2D eigenvalue weighted by molar-refractivity contribution is 0.171. The second-order valence-electron chi connectivity index (χ2n) is 4.85. The zero-order chi connectivity index (χ0) is 13.5. The molecule has 0 spiro atoms. The molecule has 1 atom stereocenters. The molecule has 0 amide bonds. The molecule has 1 aliphatic rings. The molecule has 0 aliphatic carbocycles. The fourth-order valence-corrected chi connectivity index (χ4v) is 2.21. The molecule has 0 bridgehead atoms. The van der Waals surface area contributed by atoms with Gasteiger partial charge in [-0.2, -0.15) is 0 Å². The van der Waals surface area contributed by atoms with Crippen LogP contribution in [-0.2, 0) is 0 Å². The molecule has 1 aromatic rings. The molecule has 0 fully saturated rings. The molecule has 2 rings (SSSR count). The second-order valence-corrected chi connectivity index (χ2v) is 4.85. The van der Waals surface area contributed by atoms with Crippen LogP contribution >= 0.6 is 0 Å². The Hall–Kier alpha value is -1.51. The van der Waals surface area contributed by atoms with Gasteiger partial charge in [-0.15, -0.1) is 0 Å². The van der Waals surface area contributed by atoms with Gasteiger partial charge >= 0.3 is 0 Å². The van der Waals surface area contributed by atoms with Gasteiger partial charge in [-0.3, -0.25) is 4.99 Å². The number of benzene rings is 1. The highest BCUT2D eigenvalue weighted by atomic mass is 16.6. The van der Waals surface area contributed by atoms with Crippen molar-refractivity contribution in [2.75, 3.05) is 13.2 Å². The summed E-state index contributed by atoms with van der Waals surface area (Å²) in [6, 6.07) is 6.38. The molecule has 3 nitrogen and oxygen atoms in total. The normalized spacial score (nSPS) is 15.7. The van der Waals surface area contributed by atoms with Gasteiger partial charge in [0.25, 0.3) is 0 Å². The molecule has 1 aliphatic heterocycles. The Labute approximate surface area is 115 Å². The van der Waals surface area contributed by atoms with Crippen molar-refractivity contribution in [3.8, 4) is 11.5 Å². The van der Waals surface area contributed by atoms with E-state index in [9.17, 15) is 0 Å². The van der Waals surface area contributed by atoms with Crippen LogP contribution in [0.25, 0.3) is 0 Å². The minimum atomic E-state index is 0.417. The number of rotatable bonds is 6. The highest BCUT2D eigenvalue weighted by Crippen LogP contribution is 2.32. The van der Waals surface area contributed by atoms with Crippen molar-refractivity contribution in [2.45, 2.75) is 45.6 Å². The standard InChI is InChI=1S/C16H23NO2/c1-3-5-8-14(4-2)17-12-13-7-6-9-15-16(13)19-11-10-18-15/h6-7,9,12,14H,3-5,8,10-11H2,1-2H3. The largest absolute Gasteiger partial charge is 0.486 e. The summed E-state index contributed by atoms with van der Waals surface area (Å²) >= 11 is 0. The Kier molecular flexibility index (Phi) is 5.25. The number of aliphatic imine (C=N–C) groups is 1. The summed E-state index contributed by atoms with van der Waals surface area (Å²) in [6.07, 6.45) is 6.65. The van der Waals surface area contributed by atoms with Crippen molar-refractivity contribution in [1.82, 2.24) is 0 Å². The maximum absolute atomic E-state index is 5.69. The molecule has 1 unspecified atom stereocenters. The molecular weight excluding hydrogens is 238 g/mol. The van der Waals surface area contributed by atoms with E-state index in [-0.39, 0.29) is 0 Å². The van der Waals surface area contributed by atoms with Gasteiger partial charge in [0.15, 0.2) is 11.5 Å². The lowest BCUT2D eigenvalue weighted by Crippen LogP contribution is -2.16. The minimum absolute atomic E-state index is 0.417. The molecule has 104 valence electrons. The zero-order valence-corrected chi connectivity index (χ0v) is 11.9. The Balaban J connectivity index is 2.09. The van der Waals surface area contributed by atoms with Gasteiger partial charge < -0.3 is 9.47 Å². The van der Waals surface area contributed by atoms with Gasteiger partial charge in [0.1, 0.15) is 13.2 Å². The Bertz CT molecular complexity index is 429. The quantitative estimate of drug-likeness (QED) is 0.728. The van der Waals surface area contributed by atoms with Crippen molar-refractivity contribution >= 4 is 6.21 Å². The Morgan fingerprint density at radius 2 is 2.11 bits per heavy atom. The van der Waals surface area contributed by atoms with Crippen LogP contribution in [0.15, 0.2) is 23.2 Å².